The SMILES string of the molecule is c1cc(-c2ccc3c(c2)oc2ccccc23)cc(N(c2ccc(-c3ccccc3-n3c4ccccc4c4ccccc43)cc2)c2cccc3ccccc23)c1. The van der Waals surface area contributed by atoms with Crippen molar-refractivity contribution in [3.8, 4) is 27.9 Å². The summed E-state index contributed by atoms with van der Waals surface area (Å²) in [6, 6.07) is 74.0. The molecule has 0 saturated heterocycles. The molecular formula is C52H34N2O. The van der Waals surface area contributed by atoms with E-state index in [1.807, 2.05) is 12.1 Å². The van der Waals surface area contributed by atoms with Gasteiger partial charge in [0.15, 0.2) is 0 Å². The highest BCUT2D eigenvalue weighted by molar-refractivity contribution is 6.10. The lowest BCUT2D eigenvalue weighted by atomic mass is 10.0. The van der Waals surface area contributed by atoms with Crippen molar-refractivity contribution in [3.05, 3.63) is 206 Å². The molecule has 0 atom stereocenters. The number of rotatable bonds is 6. The van der Waals surface area contributed by atoms with E-state index in [0.29, 0.717) is 0 Å². The summed E-state index contributed by atoms with van der Waals surface area (Å²) in [5, 5.41) is 7.18. The minimum Gasteiger partial charge on any atom is -0.456 e. The zero-order valence-electron chi connectivity index (χ0n) is 29.9. The first-order chi connectivity index (χ1) is 27.3. The lowest BCUT2D eigenvalue weighted by Gasteiger charge is -2.27. The van der Waals surface area contributed by atoms with Crippen molar-refractivity contribution in [2.45, 2.75) is 0 Å². The minimum atomic E-state index is 0.895. The molecule has 0 N–H and O–H groups in total. The molecule has 0 saturated carbocycles. The maximum absolute atomic E-state index is 6.29. The molecule has 2 aromatic heterocycles. The van der Waals surface area contributed by atoms with E-state index < -0.39 is 0 Å². The number of para-hydroxylation sites is 4. The van der Waals surface area contributed by atoms with Crippen LogP contribution in [0.2, 0.25) is 0 Å². The van der Waals surface area contributed by atoms with Crippen molar-refractivity contribution in [1.29, 1.82) is 0 Å². The van der Waals surface area contributed by atoms with Gasteiger partial charge in [0.1, 0.15) is 11.2 Å². The van der Waals surface area contributed by atoms with Gasteiger partial charge in [0.05, 0.1) is 22.4 Å². The average molecular weight is 703 g/mol. The standard InChI is InChI=1S/C52H34N2O/c1-2-17-41-35(13-1)14-12-25-47(41)53(40-16-11-15-37(33-40)38-29-32-46-45-21-6-10-26-51(45)55-52(46)34-38)39-30-27-36(28-31-39)42-18-3-7-22-48(42)54-49-23-8-4-19-43(49)44-20-5-9-24-50(44)54/h1-34H. The number of aromatic nitrogens is 1. The molecule has 0 amide bonds. The van der Waals surface area contributed by atoms with Gasteiger partial charge in [-0.3, -0.25) is 0 Å². The molecule has 3 heteroatoms. The number of furan rings is 1. The summed E-state index contributed by atoms with van der Waals surface area (Å²) in [6.07, 6.45) is 0. The molecule has 11 aromatic rings. The Morgan fingerprint density at radius 1 is 0.364 bits per heavy atom. The molecule has 2 heterocycles. The first-order valence-electron chi connectivity index (χ1n) is 18.8. The zero-order chi connectivity index (χ0) is 36.3. The van der Waals surface area contributed by atoms with E-state index in [2.05, 4.69) is 204 Å². The molecule has 9 aromatic carbocycles. The van der Waals surface area contributed by atoms with Crippen LogP contribution in [0, 0.1) is 0 Å². The fourth-order valence-corrected chi connectivity index (χ4v) is 8.45. The van der Waals surface area contributed by atoms with Gasteiger partial charge >= 0.3 is 0 Å². The lowest BCUT2D eigenvalue weighted by molar-refractivity contribution is 0.669. The first kappa shape index (κ1) is 31.2. The molecule has 0 aliphatic rings. The van der Waals surface area contributed by atoms with Gasteiger partial charge < -0.3 is 13.9 Å². The Morgan fingerprint density at radius 3 is 1.78 bits per heavy atom. The average Bonchev–Trinajstić information content (AvgIpc) is 3.80. The molecule has 0 spiro atoms. The van der Waals surface area contributed by atoms with Crippen LogP contribution in [0.25, 0.3) is 82.5 Å². The fourth-order valence-electron chi connectivity index (χ4n) is 8.45. The second kappa shape index (κ2) is 12.6. The van der Waals surface area contributed by atoms with Gasteiger partial charge in [0.2, 0.25) is 0 Å². The van der Waals surface area contributed by atoms with E-state index in [4.69, 9.17) is 4.42 Å². The highest BCUT2D eigenvalue weighted by Gasteiger charge is 2.19. The Kier molecular flexibility index (Phi) is 7.17. The minimum absolute atomic E-state index is 0.895. The molecule has 0 aliphatic heterocycles. The summed E-state index contributed by atoms with van der Waals surface area (Å²) >= 11 is 0. The molecule has 0 fully saturated rings. The second-order valence-electron chi connectivity index (χ2n) is 14.1. The highest BCUT2D eigenvalue weighted by Crippen LogP contribution is 2.42. The van der Waals surface area contributed by atoms with E-state index in [0.717, 1.165) is 61.4 Å². The van der Waals surface area contributed by atoms with Gasteiger partial charge in [-0.05, 0) is 88.8 Å². The van der Waals surface area contributed by atoms with E-state index >= 15 is 0 Å². The molecule has 258 valence electrons. The molecule has 0 unspecified atom stereocenters. The number of nitrogens with zero attached hydrogens (tertiary/aromatic N) is 2. The summed E-state index contributed by atoms with van der Waals surface area (Å²) < 4.78 is 8.70. The molecule has 0 bridgehead atoms. The van der Waals surface area contributed by atoms with Crippen LogP contribution in [0.3, 0.4) is 0 Å². The van der Waals surface area contributed by atoms with Crippen LogP contribution in [0.5, 0.6) is 0 Å². The number of hydrogen-bond acceptors (Lipinski definition) is 2. The third kappa shape index (κ3) is 5.13. The molecular weight excluding hydrogens is 669 g/mol. The van der Waals surface area contributed by atoms with E-state index in [1.54, 1.807) is 0 Å². The number of fused-ring (bicyclic) bond motifs is 7. The van der Waals surface area contributed by atoms with Gasteiger partial charge in [-0.2, -0.15) is 0 Å². The Balaban J connectivity index is 1.04. The van der Waals surface area contributed by atoms with Gasteiger partial charge in [0.25, 0.3) is 0 Å². The largest absolute Gasteiger partial charge is 0.456 e. The highest BCUT2D eigenvalue weighted by atomic mass is 16.3. The molecule has 11 rings (SSSR count). The maximum atomic E-state index is 6.29. The van der Waals surface area contributed by atoms with E-state index in [9.17, 15) is 0 Å². The van der Waals surface area contributed by atoms with E-state index in [-0.39, 0.29) is 0 Å². The van der Waals surface area contributed by atoms with Gasteiger partial charge in [-0.25, -0.2) is 0 Å². The third-order valence-corrected chi connectivity index (χ3v) is 11.0. The van der Waals surface area contributed by atoms with Crippen LogP contribution in [-0.4, -0.2) is 4.57 Å². The quantitative estimate of drug-likeness (QED) is 0.172. The number of anilines is 3. The molecule has 55 heavy (non-hydrogen) atoms. The molecule has 0 radical (unpaired) electrons. The normalized spacial score (nSPS) is 11.6. The third-order valence-electron chi connectivity index (χ3n) is 11.0. The maximum Gasteiger partial charge on any atom is 0.136 e. The van der Waals surface area contributed by atoms with Crippen LogP contribution in [0.15, 0.2) is 211 Å². The monoisotopic (exact) mass is 702 g/mol. The summed E-state index contributed by atoms with van der Waals surface area (Å²) in [4.78, 5) is 2.38. The predicted molar refractivity (Wildman–Crippen MR) is 231 cm³/mol. The van der Waals surface area contributed by atoms with Crippen molar-refractivity contribution >= 4 is 71.6 Å². The Hall–Kier alpha value is -7.36. The van der Waals surface area contributed by atoms with Crippen LogP contribution < -0.4 is 4.90 Å². The summed E-state index contributed by atoms with van der Waals surface area (Å²) in [5.74, 6) is 0. The lowest BCUT2D eigenvalue weighted by Crippen LogP contribution is -2.10. The smallest absolute Gasteiger partial charge is 0.136 e. The van der Waals surface area contributed by atoms with E-state index in [1.165, 1.54) is 38.1 Å². The van der Waals surface area contributed by atoms with Crippen LogP contribution >= 0.6 is 0 Å². The second-order valence-corrected chi connectivity index (χ2v) is 14.1. The first-order valence-corrected chi connectivity index (χ1v) is 18.8. The summed E-state index contributed by atoms with van der Waals surface area (Å²) in [6.45, 7) is 0. The number of hydrogen-bond donors (Lipinski definition) is 0. The Morgan fingerprint density at radius 2 is 0.964 bits per heavy atom. The molecule has 3 nitrogen and oxygen atoms in total. The summed E-state index contributed by atoms with van der Waals surface area (Å²) in [7, 11) is 0. The van der Waals surface area contributed by atoms with Crippen molar-refractivity contribution in [2.75, 3.05) is 4.90 Å². The van der Waals surface area contributed by atoms with Crippen LogP contribution in [0.4, 0.5) is 17.1 Å². The van der Waals surface area contributed by atoms with Crippen molar-refractivity contribution in [1.82, 2.24) is 4.57 Å². The van der Waals surface area contributed by atoms with Crippen LogP contribution in [0.1, 0.15) is 0 Å². The molecule has 0 aliphatic carbocycles. The van der Waals surface area contributed by atoms with Crippen molar-refractivity contribution in [2.24, 2.45) is 0 Å². The van der Waals surface area contributed by atoms with Crippen molar-refractivity contribution in [3.63, 3.8) is 0 Å². The Labute approximate surface area is 318 Å². The fraction of sp³-hybridized carbons (Fsp3) is 0. The summed E-state index contributed by atoms with van der Waals surface area (Å²) in [5.41, 5.74) is 13.2. The van der Waals surface area contributed by atoms with Gasteiger partial charge in [0, 0.05) is 43.9 Å². The topological polar surface area (TPSA) is 21.3 Å². The Bertz CT molecular complexity index is 3160. The predicted octanol–water partition coefficient (Wildman–Crippen LogP) is 14.6. The van der Waals surface area contributed by atoms with Crippen molar-refractivity contribution < 1.29 is 4.42 Å². The van der Waals surface area contributed by atoms with Gasteiger partial charge in [-0.1, -0.05) is 140 Å². The van der Waals surface area contributed by atoms with Gasteiger partial charge in [-0.15, -0.1) is 0 Å². The van der Waals surface area contributed by atoms with Crippen LogP contribution in [-0.2, 0) is 0 Å². The number of benzene rings is 9. The zero-order valence-corrected chi connectivity index (χ0v) is 29.9.